The quantitative estimate of drug-likeness (QED) is 0.444. The SMILES string of the molecule is CNC(=O)C(/C(Br)=N/O)C(C)(C)C. The van der Waals surface area contributed by atoms with Crippen molar-refractivity contribution in [3.8, 4) is 0 Å². The first-order chi connectivity index (χ1) is 5.84. The number of hydrogen-bond donors (Lipinski definition) is 2. The molecule has 0 rings (SSSR count). The largest absolute Gasteiger partial charge is 0.410 e. The molecule has 0 heterocycles. The summed E-state index contributed by atoms with van der Waals surface area (Å²) >= 11 is 3.06. The van der Waals surface area contributed by atoms with E-state index in [4.69, 9.17) is 5.21 Å². The van der Waals surface area contributed by atoms with Gasteiger partial charge in [-0.2, -0.15) is 0 Å². The average Bonchev–Trinajstić information content (AvgIpc) is 2.01. The van der Waals surface area contributed by atoms with Crippen LogP contribution in [0.2, 0.25) is 0 Å². The van der Waals surface area contributed by atoms with Crippen molar-refractivity contribution in [3.63, 3.8) is 0 Å². The lowest BCUT2D eigenvalue weighted by atomic mass is 9.81. The van der Waals surface area contributed by atoms with Gasteiger partial charge in [-0.15, -0.1) is 0 Å². The highest BCUT2D eigenvalue weighted by atomic mass is 79.9. The molecule has 0 aliphatic rings. The van der Waals surface area contributed by atoms with E-state index in [1.54, 1.807) is 7.05 Å². The van der Waals surface area contributed by atoms with Crippen LogP contribution in [0.25, 0.3) is 0 Å². The molecule has 13 heavy (non-hydrogen) atoms. The van der Waals surface area contributed by atoms with E-state index in [1.807, 2.05) is 20.8 Å². The van der Waals surface area contributed by atoms with Gasteiger partial charge in [-0.25, -0.2) is 0 Å². The molecule has 2 N–H and O–H groups in total. The van der Waals surface area contributed by atoms with Crippen LogP contribution in [-0.2, 0) is 4.79 Å². The lowest BCUT2D eigenvalue weighted by Crippen LogP contribution is -2.39. The summed E-state index contributed by atoms with van der Waals surface area (Å²) in [4.78, 5) is 11.4. The van der Waals surface area contributed by atoms with E-state index in [9.17, 15) is 4.79 Å². The number of nitrogens with zero attached hydrogens (tertiary/aromatic N) is 1. The van der Waals surface area contributed by atoms with Gasteiger partial charge in [0.05, 0.1) is 5.92 Å². The van der Waals surface area contributed by atoms with Crippen molar-refractivity contribution >= 4 is 26.5 Å². The van der Waals surface area contributed by atoms with Gasteiger partial charge in [0.1, 0.15) is 4.62 Å². The molecule has 0 aromatic carbocycles. The van der Waals surface area contributed by atoms with Crippen LogP contribution in [0.5, 0.6) is 0 Å². The molecule has 0 aromatic rings. The minimum Gasteiger partial charge on any atom is -0.410 e. The van der Waals surface area contributed by atoms with E-state index in [0.29, 0.717) is 0 Å². The Hall–Kier alpha value is -0.580. The first kappa shape index (κ1) is 12.4. The Morgan fingerprint density at radius 1 is 1.54 bits per heavy atom. The number of nitrogens with one attached hydrogen (secondary N) is 1. The normalized spacial score (nSPS) is 15.3. The second-order valence-corrected chi connectivity index (χ2v) is 4.65. The summed E-state index contributed by atoms with van der Waals surface area (Å²) in [6.45, 7) is 5.71. The Kier molecular flexibility index (Phi) is 4.39. The molecule has 76 valence electrons. The number of carbonyl (C=O) groups is 1. The summed E-state index contributed by atoms with van der Waals surface area (Å²) in [6, 6.07) is 0. The number of amides is 1. The molecular weight excluding hydrogens is 236 g/mol. The molecule has 0 radical (unpaired) electrons. The first-order valence-electron chi connectivity index (χ1n) is 3.93. The third-order valence-electron chi connectivity index (χ3n) is 1.71. The van der Waals surface area contributed by atoms with Crippen molar-refractivity contribution in [3.05, 3.63) is 0 Å². The molecule has 0 aliphatic heterocycles. The predicted molar refractivity (Wildman–Crippen MR) is 55.2 cm³/mol. The lowest BCUT2D eigenvalue weighted by molar-refractivity contribution is -0.124. The van der Waals surface area contributed by atoms with Crippen LogP contribution < -0.4 is 5.32 Å². The maximum atomic E-state index is 11.4. The van der Waals surface area contributed by atoms with Crippen LogP contribution in [0.1, 0.15) is 20.8 Å². The van der Waals surface area contributed by atoms with Gasteiger partial charge < -0.3 is 10.5 Å². The minimum absolute atomic E-state index is 0.169. The zero-order valence-corrected chi connectivity index (χ0v) is 9.84. The van der Waals surface area contributed by atoms with Crippen LogP contribution in [0.4, 0.5) is 0 Å². The molecule has 0 aliphatic carbocycles. The zero-order valence-electron chi connectivity index (χ0n) is 8.26. The van der Waals surface area contributed by atoms with E-state index in [-0.39, 0.29) is 15.9 Å². The highest BCUT2D eigenvalue weighted by Gasteiger charge is 2.34. The molecule has 0 fully saturated rings. The average molecular weight is 251 g/mol. The molecule has 0 saturated heterocycles. The highest BCUT2D eigenvalue weighted by Crippen LogP contribution is 2.29. The molecule has 1 amide bonds. The molecule has 1 unspecified atom stereocenters. The summed E-state index contributed by atoms with van der Waals surface area (Å²) < 4.78 is 0.249. The fourth-order valence-corrected chi connectivity index (χ4v) is 1.96. The van der Waals surface area contributed by atoms with Crippen molar-refractivity contribution < 1.29 is 10.0 Å². The molecule has 5 heteroatoms. The Bertz CT molecular complexity index is 221. The number of halogens is 1. The standard InChI is InChI=1S/C8H15BrN2O2/c1-8(2,3)5(6(9)11-13)7(12)10-4/h5,13H,1-4H3,(H,10,12)/b11-6-. The van der Waals surface area contributed by atoms with Gasteiger partial charge in [-0.1, -0.05) is 25.9 Å². The Labute approximate surface area is 86.5 Å². The Morgan fingerprint density at radius 3 is 2.23 bits per heavy atom. The summed E-state index contributed by atoms with van der Waals surface area (Å²) in [5.74, 6) is -0.639. The van der Waals surface area contributed by atoms with Crippen molar-refractivity contribution in [1.82, 2.24) is 5.32 Å². The predicted octanol–water partition coefficient (Wildman–Crippen LogP) is 1.58. The van der Waals surface area contributed by atoms with Crippen molar-refractivity contribution in [2.45, 2.75) is 20.8 Å². The zero-order chi connectivity index (χ0) is 10.6. The number of oxime groups is 1. The van der Waals surface area contributed by atoms with Crippen LogP contribution in [0.15, 0.2) is 5.16 Å². The Balaban J connectivity index is 4.88. The minimum atomic E-state index is -0.470. The fraction of sp³-hybridized carbons (Fsp3) is 0.750. The number of carbonyl (C=O) groups excluding carboxylic acids is 1. The monoisotopic (exact) mass is 250 g/mol. The Morgan fingerprint density at radius 2 is 2.00 bits per heavy atom. The van der Waals surface area contributed by atoms with Gasteiger partial charge in [0.2, 0.25) is 5.91 Å². The van der Waals surface area contributed by atoms with E-state index in [1.165, 1.54) is 0 Å². The van der Waals surface area contributed by atoms with Gasteiger partial charge in [0.15, 0.2) is 0 Å². The van der Waals surface area contributed by atoms with Crippen LogP contribution in [0.3, 0.4) is 0 Å². The van der Waals surface area contributed by atoms with Gasteiger partial charge >= 0.3 is 0 Å². The van der Waals surface area contributed by atoms with Crippen LogP contribution >= 0.6 is 15.9 Å². The molecule has 0 saturated carbocycles. The highest BCUT2D eigenvalue weighted by molar-refractivity contribution is 9.18. The molecule has 0 aromatic heterocycles. The van der Waals surface area contributed by atoms with Crippen molar-refractivity contribution in [2.75, 3.05) is 7.05 Å². The molecule has 4 nitrogen and oxygen atoms in total. The second kappa shape index (κ2) is 4.60. The second-order valence-electron chi connectivity index (χ2n) is 3.84. The van der Waals surface area contributed by atoms with E-state index in [0.717, 1.165) is 0 Å². The third-order valence-corrected chi connectivity index (χ3v) is 2.32. The van der Waals surface area contributed by atoms with Gasteiger partial charge in [-0.05, 0) is 21.3 Å². The van der Waals surface area contributed by atoms with E-state index >= 15 is 0 Å². The molecule has 1 atom stereocenters. The lowest BCUT2D eigenvalue weighted by Gasteiger charge is -2.27. The molecular formula is C8H15BrN2O2. The maximum Gasteiger partial charge on any atom is 0.230 e. The topological polar surface area (TPSA) is 61.7 Å². The van der Waals surface area contributed by atoms with Crippen LogP contribution in [-0.4, -0.2) is 22.8 Å². The summed E-state index contributed by atoms with van der Waals surface area (Å²) in [7, 11) is 1.55. The van der Waals surface area contributed by atoms with Crippen molar-refractivity contribution in [1.29, 1.82) is 0 Å². The third kappa shape index (κ3) is 3.34. The van der Waals surface area contributed by atoms with Crippen molar-refractivity contribution in [2.24, 2.45) is 16.5 Å². The van der Waals surface area contributed by atoms with E-state index in [2.05, 4.69) is 26.4 Å². The van der Waals surface area contributed by atoms with Gasteiger partial charge in [-0.3, -0.25) is 4.79 Å². The first-order valence-corrected chi connectivity index (χ1v) is 4.73. The molecule has 0 bridgehead atoms. The number of rotatable bonds is 2. The van der Waals surface area contributed by atoms with E-state index < -0.39 is 5.92 Å². The summed E-state index contributed by atoms with van der Waals surface area (Å²) in [6.07, 6.45) is 0. The summed E-state index contributed by atoms with van der Waals surface area (Å²) in [5.41, 5.74) is -0.287. The smallest absolute Gasteiger partial charge is 0.230 e. The van der Waals surface area contributed by atoms with Gasteiger partial charge in [0.25, 0.3) is 0 Å². The maximum absolute atomic E-state index is 11.4. The van der Waals surface area contributed by atoms with Gasteiger partial charge in [0, 0.05) is 7.05 Å². The fourth-order valence-electron chi connectivity index (χ4n) is 1.06. The summed E-state index contributed by atoms with van der Waals surface area (Å²) in [5, 5.41) is 14.1. The number of hydrogen-bond acceptors (Lipinski definition) is 3. The van der Waals surface area contributed by atoms with Crippen LogP contribution in [0, 0.1) is 11.3 Å². The molecule has 0 spiro atoms.